The highest BCUT2D eigenvalue weighted by molar-refractivity contribution is 5.66. The highest BCUT2D eigenvalue weighted by Crippen LogP contribution is 2.26. The van der Waals surface area contributed by atoms with Gasteiger partial charge in [0.25, 0.3) is 0 Å². The molecular formula is C13H17NO2. The molecular weight excluding hydrogens is 202 g/mol. The Hall–Kier alpha value is -1.35. The molecule has 0 aromatic heterocycles. The average Bonchev–Trinajstić information content (AvgIpc) is 2.76. The van der Waals surface area contributed by atoms with Crippen molar-refractivity contribution in [3.8, 4) is 0 Å². The number of aliphatic carboxylic acids is 1. The SMILES string of the molecule is O=C(O)CCN1CCC(c2ccccc2)C1. The predicted octanol–water partition coefficient (Wildman–Crippen LogP) is 1.95. The second-order valence-corrected chi connectivity index (χ2v) is 4.34. The number of likely N-dealkylation sites (tertiary alicyclic amines) is 1. The lowest BCUT2D eigenvalue weighted by atomic mass is 9.99. The van der Waals surface area contributed by atoms with Gasteiger partial charge in [-0.3, -0.25) is 4.79 Å². The van der Waals surface area contributed by atoms with E-state index in [1.807, 2.05) is 6.07 Å². The number of carboxylic acids is 1. The maximum atomic E-state index is 10.5. The lowest BCUT2D eigenvalue weighted by Gasteiger charge is -2.14. The number of nitrogens with zero attached hydrogens (tertiary/aromatic N) is 1. The highest BCUT2D eigenvalue weighted by Gasteiger charge is 2.23. The van der Waals surface area contributed by atoms with E-state index in [4.69, 9.17) is 5.11 Å². The van der Waals surface area contributed by atoms with Gasteiger partial charge in [-0.15, -0.1) is 0 Å². The second kappa shape index (κ2) is 5.12. The topological polar surface area (TPSA) is 40.5 Å². The summed E-state index contributed by atoms with van der Waals surface area (Å²) in [4.78, 5) is 12.7. The van der Waals surface area contributed by atoms with Gasteiger partial charge in [0.15, 0.2) is 0 Å². The summed E-state index contributed by atoms with van der Waals surface area (Å²) in [6, 6.07) is 10.5. The quantitative estimate of drug-likeness (QED) is 0.841. The van der Waals surface area contributed by atoms with Gasteiger partial charge in [-0.25, -0.2) is 0 Å². The summed E-state index contributed by atoms with van der Waals surface area (Å²) in [6.07, 6.45) is 1.39. The van der Waals surface area contributed by atoms with Crippen LogP contribution in [0.3, 0.4) is 0 Å². The molecule has 1 atom stereocenters. The maximum Gasteiger partial charge on any atom is 0.304 e. The van der Waals surface area contributed by atoms with Gasteiger partial charge in [-0.2, -0.15) is 0 Å². The molecule has 1 aromatic rings. The van der Waals surface area contributed by atoms with Crippen LogP contribution in [0.15, 0.2) is 30.3 Å². The van der Waals surface area contributed by atoms with Crippen LogP contribution in [-0.2, 0) is 4.79 Å². The Balaban J connectivity index is 1.86. The summed E-state index contributed by atoms with van der Waals surface area (Å²) in [5.41, 5.74) is 1.38. The van der Waals surface area contributed by atoms with E-state index in [-0.39, 0.29) is 6.42 Å². The minimum atomic E-state index is -0.705. The van der Waals surface area contributed by atoms with Crippen LogP contribution in [-0.4, -0.2) is 35.6 Å². The van der Waals surface area contributed by atoms with Crippen LogP contribution in [0.1, 0.15) is 24.3 Å². The van der Waals surface area contributed by atoms with Crippen LogP contribution in [0.25, 0.3) is 0 Å². The van der Waals surface area contributed by atoms with E-state index >= 15 is 0 Å². The first kappa shape index (κ1) is 11.1. The Kier molecular flexibility index (Phi) is 3.57. The number of carboxylic acid groups (broad SMARTS) is 1. The molecule has 0 amide bonds. The average molecular weight is 219 g/mol. The van der Waals surface area contributed by atoms with Crippen LogP contribution < -0.4 is 0 Å². The van der Waals surface area contributed by atoms with Crippen molar-refractivity contribution in [1.82, 2.24) is 4.90 Å². The van der Waals surface area contributed by atoms with Crippen LogP contribution in [0.4, 0.5) is 0 Å². The summed E-state index contributed by atoms with van der Waals surface area (Å²) in [6.45, 7) is 2.70. The number of hydrogen-bond donors (Lipinski definition) is 1. The third kappa shape index (κ3) is 2.83. The maximum absolute atomic E-state index is 10.5. The summed E-state index contributed by atoms with van der Waals surface area (Å²) in [7, 11) is 0. The third-order valence-corrected chi connectivity index (χ3v) is 3.19. The van der Waals surface area contributed by atoms with Crippen molar-refractivity contribution >= 4 is 5.97 Å². The van der Waals surface area contributed by atoms with Crippen molar-refractivity contribution in [3.05, 3.63) is 35.9 Å². The molecule has 1 unspecified atom stereocenters. The molecule has 0 radical (unpaired) electrons. The van der Waals surface area contributed by atoms with Crippen LogP contribution in [0.5, 0.6) is 0 Å². The number of benzene rings is 1. The molecule has 86 valence electrons. The van der Waals surface area contributed by atoms with Gasteiger partial charge in [-0.1, -0.05) is 30.3 Å². The molecule has 0 bridgehead atoms. The molecule has 2 rings (SSSR count). The summed E-state index contributed by atoms with van der Waals surface area (Å²) < 4.78 is 0. The Morgan fingerprint density at radius 1 is 1.38 bits per heavy atom. The van der Waals surface area contributed by atoms with E-state index in [9.17, 15) is 4.79 Å². The first-order valence-electron chi connectivity index (χ1n) is 5.75. The number of rotatable bonds is 4. The van der Waals surface area contributed by atoms with Gasteiger partial charge in [0.1, 0.15) is 0 Å². The summed E-state index contributed by atoms with van der Waals surface area (Å²) in [5, 5.41) is 8.63. The van der Waals surface area contributed by atoms with Gasteiger partial charge >= 0.3 is 5.97 Å². The molecule has 1 N–H and O–H groups in total. The van der Waals surface area contributed by atoms with Gasteiger partial charge in [0, 0.05) is 13.1 Å². The molecule has 1 aromatic carbocycles. The van der Waals surface area contributed by atoms with Gasteiger partial charge < -0.3 is 10.0 Å². The number of hydrogen-bond acceptors (Lipinski definition) is 2. The highest BCUT2D eigenvalue weighted by atomic mass is 16.4. The van der Waals surface area contributed by atoms with Gasteiger partial charge in [0.05, 0.1) is 6.42 Å². The van der Waals surface area contributed by atoms with Crippen LogP contribution >= 0.6 is 0 Å². The van der Waals surface area contributed by atoms with Crippen LogP contribution in [0, 0.1) is 0 Å². The molecule has 1 heterocycles. The number of carbonyl (C=O) groups is 1. The van der Waals surface area contributed by atoms with Crippen LogP contribution in [0.2, 0.25) is 0 Å². The van der Waals surface area contributed by atoms with Gasteiger partial charge in [0.2, 0.25) is 0 Å². The molecule has 3 heteroatoms. The lowest BCUT2D eigenvalue weighted by Crippen LogP contribution is -2.23. The fraction of sp³-hybridized carbons (Fsp3) is 0.462. The molecule has 1 aliphatic heterocycles. The first-order chi connectivity index (χ1) is 7.75. The summed E-state index contributed by atoms with van der Waals surface area (Å²) >= 11 is 0. The van der Waals surface area contributed by atoms with E-state index in [2.05, 4.69) is 29.2 Å². The summed E-state index contributed by atoms with van der Waals surface area (Å²) in [5.74, 6) is -0.127. The van der Waals surface area contributed by atoms with Crippen molar-refractivity contribution in [2.75, 3.05) is 19.6 Å². The van der Waals surface area contributed by atoms with Gasteiger partial charge in [-0.05, 0) is 24.4 Å². The standard InChI is InChI=1S/C13H17NO2/c15-13(16)7-9-14-8-6-12(10-14)11-4-2-1-3-5-11/h1-5,12H,6-10H2,(H,15,16). The second-order valence-electron chi connectivity index (χ2n) is 4.34. The van der Waals surface area contributed by atoms with Crippen molar-refractivity contribution in [1.29, 1.82) is 0 Å². The van der Waals surface area contributed by atoms with E-state index in [0.29, 0.717) is 12.5 Å². The minimum absolute atomic E-state index is 0.251. The Bertz CT molecular complexity index is 350. The molecule has 0 aliphatic carbocycles. The zero-order chi connectivity index (χ0) is 11.4. The molecule has 0 saturated carbocycles. The lowest BCUT2D eigenvalue weighted by molar-refractivity contribution is -0.137. The fourth-order valence-electron chi connectivity index (χ4n) is 2.29. The Morgan fingerprint density at radius 2 is 2.12 bits per heavy atom. The predicted molar refractivity (Wildman–Crippen MR) is 62.5 cm³/mol. The first-order valence-corrected chi connectivity index (χ1v) is 5.75. The van der Waals surface area contributed by atoms with E-state index in [0.717, 1.165) is 19.5 Å². The Labute approximate surface area is 95.7 Å². The smallest absolute Gasteiger partial charge is 0.304 e. The largest absolute Gasteiger partial charge is 0.481 e. The Morgan fingerprint density at radius 3 is 2.81 bits per heavy atom. The van der Waals surface area contributed by atoms with E-state index in [1.54, 1.807) is 0 Å². The van der Waals surface area contributed by atoms with Crippen molar-refractivity contribution in [2.24, 2.45) is 0 Å². The zero-order valence-electron chi connectivity index (χ0n) is 9.30. The van der Waals surface area contributed by atoms with Crippen molar-refractivity contribution < 1.29 is 9.90 Å². The fourth-order valence-corrected chi connectivity index (χ4v) is 2.29. The molecule has 1 fully saturated rings. The minimum Gasteiger partial charge on any atom is -0.481 e. The third-order valence-electron chi connectivity index (χ3n) is 3.19. The van der Waals surface area contributed by atoms with Crippen molar-refractivity contribution in [3.63, 3.8) is 0 Å². The van der Waals surface area contributed by atoms with Crippen molar-refractivity contribution in [2.45, 2.75) is 18.8 Å². The molecule has 0 spiro atoms. The monoisotopic (exact) mass is 219 g/mol. The molecule has 3 nitrogen and oxygen atoms in total. The van der Waals surface area contributed by atoms with E-state index in [1.165, 1.54) is 5.56 Å². The normalized spacial score (nSPS) is 21.1. The zero-order valence-corrected chi connectivity index (χ0v) is 9.30. The molecule has 1 aliphatic rings. The van der Waals surface area contributed by atoms with E-state index < -0.39 is 5.97 Å². The molecule has 16 heavy (non-hydrogen) atoms. The molecule has 1 saturated heterocycles.